The maximum absolute atomic E-state index is 13.8. The van der Waals surface area contributed by atoms with E-state index in [-0.39, 0.29) is 23.5 Å². The topological polar surface area (TPSA) is 59.1 Å². The Morgan fingerprint density at radius 1 is 1.20 bits per heavy atom. The van der Waals surface area contributed by atoms with E-state index in [0.29, 0.717) is 51.4 Å². The summed E-state index contributed by atoms with van der Waals surface area (Å²) in [6, 6.07) is 4.22. The maximum atomic E-state index is 13.8. The van der Waals surface area contributed by atoms with Crippen LogP contribution >= 0.6 is 0 Å². The van der Waals surface area contributed by atoms with Crippen molar-refractivity contribution in [3.05, 3.63) is 29.6 Å². The van der Waals surface area contributed by atoms with Crippen molar-refractivity contribution < 1.29 is 23.5 Å². The summed E-state index contributed by atoms with van der Waals surface area (Å²) in [6.07, 6.45) is 1.48. The van der Waals surface area contributed by atoms with E-state index in [1.54, 1.807) is 11.0 Å². The van der Waals surface area contributed by atoms with Gasteiger partial charge >= 0.3 is 0 Å². The zero-order chi connectivity index (χ0) is 17.8. The minimum atomic E-state index is -0.554. The zero-order valence-corrected chi connectivity index (χ0v) is 14.4. The predicted molar refractivity (Wildman–Crippen MR) is 89.0 cm³/mol. The first kappa shape index (κ1) is 17.7. The third-order valence-corrected chi connectivity index (χ3v) is 4.77. The lowest BCUT2D eigenvalue weighted by molar-refractivity contribution is -0.135. The number of amides is 2. The van der Waals surface area contributed by atoms with E-state index < -0.39 is 5.82 Å². The average molecular weight is 350 g/mol. The van der Waals surface area contributed by atoms with E-state index in [2.05, 4.69) is 0 Å². The highest BCUT2D eigenvalue weighted by atomic mass is 19.1. The zero-order valence-electron chi connectivity index (χ0n) is 14.4. The van der Waals surface area contributed by atoms with E-state index in [4.69, 9.17) is 9.47 Å². The fraction of sp³-hybridized carbons (Fsp3) is 0.556. The van der Waals surface area contributed by atoms with Gasteiger partial charge in [-0.15, -0.1) is 0 Å². The number of methoxy groups -OCH3 is 1. The molecule has 1 aromatic rings. The van der Waals surface area contributed by atoms with Crippen molar-refractivity contribution in [2.45, 2.75) is 12.8 Å². The van der Waals surface area contributed by atoms with E-state index in [1.807, 2.05) is 4.90 Å². The summed E-state index contributed by atoms with van der Waals surface area (Å²) in [4.78, 5) is 28.6. The molecule has 3 rings (SSSR count). The second-order valence-electron chi connectivity index (χ2n) is 6.38. The Morgan fingerprint density at radius 2 is 1.96 bits per heavy atom. The van der Waals surface area contributed by atoms with Gasteiger partial charge in [-0.1, -0.05) is 0 Å². The molecule has 0 saturated carbocycles. The Hall–Kier alpha value is -2.15. The van der Waals surface area contributed by atoms with Gasteiger partial charge in [0.15, 0.2) is 11.6 Å². The van der Waals surface area contributed by atoms with Crippen molar-refractivity contribution in [1.82, 2.24) is 9.80 Å². The number of carbonyl (C=O) groups excluding carboxylic acids is 2. The molecule has 25 heavy (non-hydrogen) atoms. The molecule has 0 aromatic heterocycles. The molecule has 0 aliphatic carbocycles. The van der Waals surface area contributed by atoms with Gasteiger partial charge in [-0.05, 0) is 31.0 Å². The fourth-order valence-corrected chi connectivity index (χ4v) is 3.31. The van der Waals surface area contributed by atoms with Crippen LogP contribution in [0.4, 0.5) is 4.39 Å². The molecule has 0 radical (unpaired) electrons. The summed E-state index contributed by atoms with van der Waals surface area (Å²) in [7, 11) is 1.38. The lowest BCUT2D eigenvalue weighted by Crippen LogP contribution is -2.40. The lowest BCUT2D eigenvalue weighted by Gasteiger charge is -2.24. The molecule has 1 atom stereocenters. The first-order chi connectivity index (χ1) is 12.1. The third-order valence-electron chi connectivity index (χ3n) is 4.77. The van der Waals surface area contributed by atoms with Crippen LogP contribution in [0.3, 0.4) is 0 Å². The third kappa shape index (κ3) is 3.92. The Kier molecular flexibility index (Phi) is 5.53. The van der Waals surface area contributed by atoms with Gasteiger partial charge in [0.25, 0.3) is 5.91 Å². The summed E-state index contributed by atoms with van der Waals surface area (Å²) in [5.41, 5.74) is 0.294. The second-order valence-corrected chi connectivity index (χ2v) is 6.38. The number of rotatable bonds is 3. The van der Waals surface area contributed by atoms with Crippen molar-refractivity contribution in [3.63, 3.8) is 0 Å². The van der Waals surface area contributed by atoms with E-state index in [9.17, 15) is 14.0 Å². The minimum Gasteiger partial charge on any atom is -0.494 e. The van der Waals surface area contributed by atoms with Crippen molar-refractivity contribution in [2.75, 3.05) is 46.5 Å². The van der Waals surface area contributed by atoms with Crippen LogP contribution < -0.4 is 4.74 Å². The van der Waals surface area contributed by atoms with E-state index in [1.165, 1.54) is 19.2 Å². The van der Waals surface area contributed by atoms with E-state index in [0.717, 1.165) is 6.42 Å². The highest BCUT2D eigenvalue weighted by Gasteiger charge is 2.30. The van der Waals surface area contributed by atoms with Crippen LogP contribution in [0, 0.1) is 11.7 Å². The van der Waals surface area contributed by atoms with Crippen molar-refractivity contribution in [2.24, 2.45) is 5.92 Å². The average Bonchev–Trinajstić information content (AvgIpc) is 3.05. The SMILES string of the molecule is COc1ccc(C(=O)N2CCCN(C(=O)C3CCOC3)CC2)cc1F. The van der Waals surface area contributed by atoms with Gasteiger partial charge in [0.1, 0.15) is 0 Å². The van der Waals surface area contributed by atoms with Crippen molar-refractivity contribution in [1.29, 1.82) is 0 Å². The smallest absolute Gasteiger partial charge is 0.254 e. The minimum absolute atomic E-state index is 0.0575. The Morgan fingerprint density at radius 3 is 2.64 bits per heavy atom. The molecular weight excluding hydrogens is 327 g/mol. The summed E-state index contributed by atoms with van der Waals surface area (Å²) >= 11 is 0. The molecule has 7 heteroatoms. The first-order valence-corrected chi connectivity index (χ1v) is 8.59. The summed E-state index contributed by atoms with van der Waals surface area (Å²) in [5, 5.41) is 0. The van der Waals surface area contributed by atoms with Crippen LogP contribution in [0.5, 0.6) is 5.75 Å². The number of benzene rings is 1. The molecule has 0 bridgehead atoms. The van der Waals surface area contributed by atoms with Crippen LogP contribution in [0.1, 0.15) is 23.2 Å². The molecule has 0 N–H and O–H groups in total. The highest BCUT2D eigenvalue weighted by molar-refractivity contribution is 5.94. The molecule has 2 fully saturated rings. The predicted octanol–water partition coefficient (Wildman–Crippen LogP) is 1.55. The van der Waals surface area contributed by atoms with Gasteiger partial charge in [0, 0.05) is 38.3 Å². The Balaban J connectivity index is 1.63. The van der Waals surface area contributed by atoms with Crippen LogP contribution in [-0.4, -0.2) is 68.1 Å². The number of halogens is 1. The number of carbonyl (C=O) groups is 2. The molecule has 2 heterocycles. The molecule has 2 saturated heterocycles. The molecule has 6 nitrogen and oxygen atoms in total. The van der Waals surface area contributed by atoms with Gasteiger partial charge in [0.2, 0.25) is 5.91 Å². The largest absolute Gasteiger partial charge is 0.494 e. The Bertz CT molecular complexity index is 646. The molecule has 0 spiro atoms. The van der Waals surface area contributed by atoms with Crippen LogP contribution in [0.15, 0.2) is 18.2 Å². The summed E-state index contributed by atoms with van der Waals surface area (Å²) < 4.78 is 24.0. The molecule has 1 unspecified atom stereocenters. The molecule has 2 aliphatic heterocycles. The normalized spacial score (nSPS) is 21.1. The number of ether oxygens (including phenoxy) is 2. The number of nitrogens with zero attached hydrogens (tertiary/aromatic N) is 2. The maximum Gasteiger partial charge on any atom is 0.254 e. The standard InChI is InChI=1S/C18H23FN2O4/c1-24-16-4-3-13(11-15(16)19)17(22)20-6-2-7-21(9-8-20)18(23)14-5-10-25-12-14/h3-4,11,14H,2,5-10,12H2,1H3. The second kappa shape index (κ2) is 7.82. The van der Waals surface area contributed by atoms with Crippen LogP contribution in [0.25, 0.3) is 0 Å². The summed E-state index contributed by atoms with van der Waals surface area (Å²) in [6.45, 7) is 3.26. The fourth-order valence-electron chi connectivity index (χ4n) is 3.31. The first-order valence-electron chi connectivity index (χ1n) is 8.59. The van der Waals surface area contributed by atoms with Gasteiger partial charge < -0.3 is 19.3 Å². The highest BCUT2D eigenvalue weighted by Crippen LogP contribution is 2.20. The lowest BCUT2D eigenvalue weighted by atomic mass is 10.1. The molecule has 136 valence electrons. The molecule has 2 aliphatic rings. The van der Waals surface area contributed by atoms with E-state index >= 15 is 0 Å². The van der Waals surface area contributed by atoms with Gasteiger partial charge in [-0.2, -0.15) is 0 Å². The van der Waals surface area contributed by atoms with Gasteiger partial charge in [-0.3, -0.25) is 9.59 Å². The number of hydrogen-bond acceptors (Lipinski definition) is 4. The molecule has 2 amide bonds. The van der Waals surface area contributed by atoms with Crippen molar-refractivity contribution in [3.8, 4) is 5.75 Å². The Labute approximate surface area is 146 Å². The molecule has 1 aromatic carbocycles. The quantitative estimate of drug-likeness (QED) is 0.830. The van der Waals surface area contributed by atoms with Crippen LogP contribution in [0.2, 0.25) is 0 Å². The van der Waals surface area contributed by atoms with Gasteiger partial charge in [-0.25, -0.2) is 4.39 Å². The number of hydrogen-bond donors (Lipinski definition) is 0. The van der Waals surface area contributed by atoms with Gasteiger partial charge in [0.05, 0.1) is 19.6 Å². The summed E-state index contributed by atoms with van der Waals surface area (Å²) in [5.74, 6) is -0.607. The monoisotopic (exact) mass is 350 g/mol. The van der Waals surface area contributed by atoms with Crippen LogP contribution in [-0.2, 0) is 9.53 Å². The molecular formula is C18H23FN2O4. The van der Waals surface area contributed by atoms with Crippen molar-refractivity contribution >= 4 is 11.8 Å².